The summed E-state index contributed by atoms with van der Waals surface area (Å²) in [6, 6.07) is 35.1. The van der Waals surface area contributed by atoms with Crippen LogP contribution in [-0.2, 0) is 53.2 Å². The van der Waals surface area contributed by atoms with Gasteiger partial charge in [0.05, 0.1) is 26.9 Å². The summed E-state index contributed by atoms with van der Waals surface area (Å²) in [6.45, 7) is 16.6. The van der Waals surface area contributed by atoms with Crippen LogP contribution >= 0.6 is 0 Å². The molecule has 0 unspecified atom stereocenters. The summed E-state index contributed by atoms with van der Waals surface area (Å²) >= 11 is 0. The first-order valence-corrected chi connectivity index (χ1v) is 28.4. The Balaban J connectivity index is 0.986. The maximum Gasteiger partial charge on any atom is 0.419 e. The van der Waals surface area contributed by atoms with E-state index in [4.69, 9.17) is 15.3 Å². The standard InChI is InChI=1S/C62H57N5O8S2/c1-59(2)47-29-41(76(69,70)71)23-25-43(47)45-31-51-53(33-49(45)59)64-55(61(51,5)6)27-19-38-15-12-16-39(57(38)37-13-10-9-11-14-37)20-28-56-62(7,8)52-32-46-44-26-24-42(77(72,73)74)30-48(44)60(3,4)50(46)34-54(52)67(56)58(68)75-35-36-17-21-40(22-18-36)65-66-63/h9-11,13-14,17-34H,12,15-16,35H2,1-8H3,(H,69,70,71)(H,72,73,74)/b27-19+,39-20+,56-28+. The van der Waals surface area contributed by atoms with Crippen molar-refractivity contribution in [1.29, 1.82) is 0 Å². The lowest BCUT2D eigenvalue weighted by molar-refractivity contribution is 0.148. The molecule has 2 aliphatic heterocycles. The third-order valence-corrected chi connectivity index (χ3v) is 18.3. The van der Waals surface area contributed by atoms with Gasteiger partial charge in [-0.05, 0) is 169 Å². The van der Waals surface area contributed by atoms with Gasteiger partial charge in [0.25, 0.3) is 20.2 Å². The van der Waals surface area contributed by atoms with Crippen molar-refractivity contribution in [3.8, 4) is 22.3 Å². The van der Waals surface area contributed by atoms with Crippen LogP contribution < -0.4 is 4.90 Å². The quantitative estimate of drug-likeness (QED) is 0.0616. The number of aliphatic imine (C=N–C) groups is 1. The Labute approximate surface area is 449 Å². The summed E-state index contributed by atoms with van der Waals surface area (Å²) in [5, 5.41) is 3.66. The van der Waals surface area contributed by atoms with Crippen molar-refractivity contribution in [3.63, 3.8) is 0 Å². The number of nitrogens with zero attached hydrogens (tertiary/aromatic N) is 5. The molecular formula is C62H57N5O8S2. The SMILES string of the molecule is CC1(C)C(/C=C/C2=C(c3ccccc3)C(=C/C=C3/N(C(=O)OCc4ccc(N=[N+]=[N-])cc4)c4cc5c(cc4C3(C)C)-c3ccc(S(=O)(=O)O)cc3C5(C)C)/CCC2)=Nc2cc3c(cc21)-c1ccc(S(=O)(=O)O)cc1C3(C)C. The van der Waals surface area contributed by atoms with Gasteiger partial charge in [-0.3, -0.25) is 14.1 Å². The van der Waals surface area contributed by atoms with E-state index in [0.29, 0.717) is 22.6 Å². The summed E-state index contributed by atoms with van der Waals surface area (Å²) in [6.07, 6.45) is 10.5. The van der Waals surface area contributed by atoms with Crippen molar-refractivity contribution in [1.82, 2.24) is 0 Å². The van der Waals surface area contributed by atoms with Gasteiger partial charge in [-0.2, -0.15) is 16.8 Å². The number of hydrogen-bond acceptors (Lipinski definition) is 8. The van der Waals surface area contributed by atoms with Crippen LogP contribution in [0.4, 0.5) is 21.9 Å². The number of amides is 1. The number of carbonyl (C=O) groups excluding carboxylic acids is 1. The molecular weight excluding hydrogens is 1010 g/mol. The molecule has 6 aromatic rings. The molecule has 0 saturated heterocycles. The predicted molar refractivity (Wildman–Crippen MR) is 301 cm³/mol. The van der Waals surface area contributed by atoms with E-state index in [-0.39, 0.29) is 16.4 Å². The largest absolute Gasteiger partial charge is 0.444 e. The number of rotatable bonds is 9. The van der Waals surface area contributed by atoms with Crippen molar-refractivity contribution in [2.24, 2.45) is 10.1 Å². The topological polar surface area (TPSA) is 199 Å². The molecule has 15 heteroatoms. The second kappa shape index (κ2) is 18.0. The van der Waals surface area contributed by atoms with Crippen molar-refractivity contribution in [3.05, 3.63) is 211 Å². The van der Waals surface area contributed by atoms with E-state index in [1.54, 1.807) is 47.4 Å². The lowest BCUT2D eigenvalue weighted by Crippen LogP contribution is -2.32. The number of hydrogen-bond donors (Lipinski definition) is 2. The van der Waals surface area contributed by atoms with Crippen LogP contribution in [0, 0.1) is 0 Å². The lowest BCUT2D eigenvalue weighted by Gasteiger charge is -2.26. The van der Waals surface area contributed by atoms with E-state index >= 15 is 0 Å². The number of benzene rings is 6. The molecule has 2 N–H and O–H groups in total. The fourth-order valence-electron chi connectivity index (χ4n) is 12.3. The number of anilines is 1. The van der Waals surface area contributed by atoms with Crippen LogP contribution in [0.5, 0.6) is 0 Å². The predicted octanol–water partition coefficient (Wildman–Crippen LogP) is 15.2. The molecule has 0 fully saturated rings. The maximum atomic E-state index is 14.8. The molecule has 3 aliphatic carbocycles. The van der Waals surface area contributed by atoms with Crippen LogP contribution in [0.2, 0.25) is 0 Å². The van der Waals surface area contributed by atoms with Crippen LogP contribution in [-0.4, -0.2) is 37.7 Å². The van der Waals surface area contributed by atoms with Crippen molar-refractivity contribution in [2.75, 3.05) is 4.90 Å². The van der Waals surface area contributed by atoms with E-state index in [2.05, 4.69) is 100 Å². The Morgan fingerprint density at radius 3 is 1.84 bits per heavy atom. The summed E-state index contributed by atoms with van der Waals surface area (Å²) in [7, 11) is -8.85. The van der Waals surface area contributed by atoms with Crippen LogP contribution in [0.25, 0.3) is 38.3 Å². The Morgan fingerprint density at radius 2 is 1.25 bits per heavy atom. The highest BCUT2D eigenvalue weighted by molar-refractivity contribution is 7.86. The number of ether oxygens (including phenoxy) is 1. The van der Waals surface area contributed by atoms with E-state index in [9.17, 15) is 30.7 Å². The zero-order valence-electron chi connectivity index (χ0n) is 44.0. The molecule has 77 heavy (non-hydrogen) atoms. The third-order valence-electron chi connectivity index (χ3n) is 16.6. The minimum atomic E-state index is -4.47. The van der Waals surface area contributed by atoms with E-state index in [1.807, 2.05) is 44.2 Å². The number of azide groups is 1. The smallest absolute Gasteiger partial charge is 0.419 e. The molecule has 0 radical (unpaired) electrons. The molecule has 0 aromatic heterocycles. The van der Waals surface area contributed by atoms with Gasteiger partial charge in [-0.1, -0.05) is 139 Å². The molecule has 0 saturated carbocycles. The van der Waals surface area contributed by atoms with Gasteiger partial charge < -0.3 is 4.74 Å². The number of fused-ring (bicyclic) bond motifs is 8. The zero-order chi connectivity index (χ0) is 54.8. The zero-order valence-corrected chi connectivity index (χ0v) is 45.6. The Hall–Kier alpha value is -7.65. The summed E-state index contributed by atoms with van der Waals surface area (Å²) < 4.78 is 74.9. The fraction of sp³-hybridized carbons (Fsp3) is 0.258. The van der Waals surface area contributed by atoms with Crippen LogP contribution in [0.3, 0.4) is 0 Å². The van der Waals surface area contributed by atoms with E-state index in [1.165, 1.54) is 18.2 Å². The molecule has 0 bridgehead atoms. The van der Waals surface area contributed by atoms with Crippen molar-refractivity contribution < 1.29 is 35.5 Å². The molecule has 2 heterocycles. The average molecular weight is 1060 g/mol. The lowest BCUT2D eigenvalue weighted by atomic mass is 9.77. The first-order valence-electron chi connectivity index (χ1n) is 25.5. The molecule has 5 aliphatic rings. The molecule has 390 valence electrons. The van der Waals surface area contributed by atoms with Crippen molar-refractivity contribution in [2.45, 2.75) is 113 Å². The van der Waals surface area contributed by atoms with Gasteiger partial charge in [-0.15, -0.1) is 0 Å². The molecule has 11 rings (SSSR count). The molecule has 0 spiro atoms. The minimum Gasteiger partial charge on any atom is -0.444 e. The van der Waals surface area contributed by atoms with Gasteiger partial charge in [0.1, 0.15) is 6.61 Å². The van der Waals surface area contributed by atoms with Gasteiger partial charge in [0.2, 0.25) is 0 Å². The Bertz CT molecular complexity index is 4030. The number of carbonyl (C=O) groups is 1. The molecule has 1 amide bonds. The maximum absolute atomic E-state index is 14.8. The number of allylic oxidation sites excluding steroid dienone is 8. The Morgan fingerprint density at radius 1 is 0.662 bits per heavy atom. The second-order valence-electron chi connectivity index (χ2n) is 22.6. The normalized spacial score (nSPS) is 19.1. The molecule has 13 nitrogen and oxygen atoms in total. The first-order chi connectivity index (χ1) is 36.3. The first kappa shape index (κ1) is 51.5. The van der Waals surface area contributed by atoms with Crippen LogP contribution in [0.15, 0.2) is 176 Å². The average Bonchev–Trinajstić information content (AvgIpc) is 4.02. The monoisotopic (exact) mass is 1060 g/mol. The van der Waals surface area contributed by atoms with Gasteiger partial charge in [0, 0.05) is 38.0 Å². The van der Waals surface area contributed by atoms with E-state index < -0.39 is 48.0 Å². The highest BCUT2D eigenvalue weighted by Gasteiger charge is 2.48. The summed E-state index contributed by atoms with van der Waals surface area (Å²) in [5.74, 6) is 0. The van der Waals surface area contributed by atoms with Gasteiger partial charge in [0.15, 0.2) is 0 Å². The minimum absolute atomic E-state index is 0.0469. The van der Waals surface area contributed by atoms with E-state index in [0.717, 1.165) is 109 Å². The Kier molecular flexibility index (Phi) is 12.0. The summed E-state index contributed by atoms with van der Waals surface area (Å²) in [4.78, 5) is 24.3. The second-order valence-corrected chi connectivity index (χ2v) is 25.5. The molecule has 6 aromatic carbocycles. The third kappa shape index (κ3) is 8.48. The highest BCUT2D eigenvalue weighted by Crippen LogP contribution is 2.57. The fourth-order valence-corrected chi connectivity index (χ4v) is 13.3. The summed E-state index contributed by atoms with van der Waals surface area (Å²) in [5.41, 5.74) is 24.4. The molecule has 0 atom stereocenters. The van der Waals surface area contributed by atoms with Gasteiger partial charge in [-0.25, -0.2) is 9.69 Å². The van der Waals surface area contributed by atoms with Crippen LogP contribution in [0.1, 0.15) is 119 Å². The highest BCUT2D eigenvalue weighted by atomic mass is 32.2. The van der Waals surface area contributed by atoms with Crippen molar-refractivity contribution >= 4 is 54.7 Å². The van der Waals surface area contributed by atoms with Gasteiger partial charge >= 0.3 is 6.09 Å².